The summed E-state index contributed by atoms with van der Waals surface area (Å²) in [6, 6.07) is 17.5. The molecule has 3 rings (SSSR count). The number of benzene rings is 2. The monoisotopic (exact) mass is 383 g/mol. The number of unbranched alkanes of at least 4 members (excludes halogenated alkanes) is 1. The van der Waals surface area contributed by atoms with E-state index in [1.54, 1.807) is 0 Å². The maximum atomic E-state index is 12.3. The normalized spacial score (nSPS) is 16.6. The van der Waals surface area contributed by atoms with Crippen molar-refractivity contribution in [1.82, 2.24) is 4.90 Å². The third-order valence-corrected chi connectivity index (χ3v) is 5.60. The standard InChI is InChI=1S/C22H25NO3S/c1-2-3-9-22(25)27-20-14-21(24)23(16-20)15-17-10-12-19(13-11-17)26-18-7-5-4-6-8-18/h4-8,10-13,20H,2-3,9,14-16H2,1H3. The number of ether oxygens (including phenoxy) is 1. The Kier molecular flexibility index (Phi) is 6.93. The second-order valence-electron chi connectivity index (χ2n) is 6.75. The molecule has 1 aliphatic rings. The zero-order valence-corrected chi connectivity index (χ0v) is 16.4. The molecule has 0 aromatic heterocycles. The lowest BCUT2D eigenvalue weighted by Gasteiger charge is -2.17. The molecule has 0 N–H and O–H groups in total. The van der Waals surface area contributed by atoms with Gasteiger partial charge in [0.1, 0.15) is 11.5 Å². The van der Waals surface area contributed by atoms with Crippen LogP contribution in [0.2, 0.25) is 0 Å². The fourth-order valence-electron chi connectivity index (χ4n) is 3.04. The molecule has 1 atom stereocenters. The first-order valence-electron chi connectivity index (χ1n) is 9.43. The second kappa shape index (κ2) is 9.60. The van der Waals surface area contributed by atoms with E-state index in [0.29, 0.717) is 25.9 Å². The van der Waals surface area contributed by atoms with Gasteiger partial charge in [-0.15, -0.1) is 0 Å². The van der Waals surface area contributed by atoms with Gasteiger partial charge in [0.05, 0.1) is 0 Å². The smallest absolute Gasteiger partial charge is 0.224 e. The van der Waals surface area contributed by atoms with Crippen molar-refractivity contribution in [2.24, 2.45) is 0 Å². The first-order chi connectivity index (χ1) is 13.1. The highest BCUT2D eigenvalue weighted by atomic mass is 32.2. The lowest BCUT2D eigenvalue weighted by atomic mass is 10.2. The number of carbonyl (C=O) groups is 2. The molecule has 5 heteroatoms. The van der Waals surface area contributed by atoms with E-state index in [9.17, 15) is 9.59 Å². The average molecular weight is 384 g/mol. The number of carbonyl (C=O) groups excluding carboxylic acids is 2. The number of hydrogen-bond donors (Lipinski definition) is 0. The lowest BCUT2D eigenvalue weighted by Crippen LogP contribution is -2.25. The first kappa shape index (κ1) is 19.5. The largest absolute Gasteiger partial charge is 0.457 e. The van der Waals surface area contributed by atoms with E-state index in [0.717, 1.165) is 29.9 Å². The molecule has 1 aliphatic heterocycles. The van der Waals surface area contributed by atoms with Crippen LogP contribution in [0.25, 0.3) is 0 Å². The predicted octanol–water partition coefficient (Wildman–Crippen LogP) is 5.03. The molecular weight excluding hydrogens is 358 g/mol. The summed E-state index contributed by atoms with van der Waals surface area (Å²) in [7, 11) is 0. The van der Waals surface area contributed by atoms with Gasteiger partial charge in [-0.2, -0.15) is 0 Å². The SMILES string of the molecule is CCCCC(=O)SC1CC(=O)N(Cc2ccc(Oc3ccccc3)cc2)C1. The Balaban J connectivity index is 1.51. The summed E-state index contributed by atoms with van der Waals surface area (Å²) in [4.78, 5) is 26.1. The molecule has 4 nitrogen and oxygen atoms in total. The van der Waals surface area contributed by atoms with Crippen LogP contribution < -0.4 is 4.74 Å². The predicted molar refractivity (Wildman–Crippen MR) is 109 cm³/mol. The number of nitrogens with zero attached hydrogens (tertiary/aromatic N) is 1. The summed E-state index contributed by atoms with van der Waals surface area (Å²) in [5, 5.41) is 0.293. The van der Waals surface area contributed by atoms with Crippen LogP contribution in [0.5, 0.6) is 11.5 Å². The van der Waals surface area contributed by atoms with Gasteiger partial charge in [0, 0.05) is 31.2 Å². The van der Waals surface area contributed by atoms with E-state index in [2.05, 4.69) is 6.92 Å². The summed E-state index contributed by atoms with van der Waals surface area (Å²) in [5.41, 5.74) is 1.06. The van der Waals surface area contributed by atoms with Gasteiger partial charge in [-0.25, -0.2) is 0 Å². The van der Waals surface area contributed by atoms with E-state index in [1.165, 1.54) is 11.8 Å². The van der Waals surface area contributed by atoms with Gasteiger partial charge in [-0.3, -0.25) is 9.59 Å². The third-order valence-electron chi connectivity index (χ3n) is 4.49. The van der Waals surface area contributed by atoms with E-state index < -0.39 is 0 Å². The van der Waals surface area contributed by atoms with Crippen LogP contribution in [-0.4, -0.2) is 27.7 Å². The van der Waals surface area contributed by atoms with Gasteiger partial charge in [0.25, 0.3) is 0 Å². The number of para-hydroxylation sites is 1. The summed E-state index contributed by atoms with van der Waals surface area (Å²) in [5.74, 6) is 1.70. The maximum Gasteiger partial charge on any atom is 0.224 e. The van der Waals surface area contributed by atoms with E-state index >= 15 is 0 Å². The molecule has 27 heavy (non-hydrogen) atoms. The molecule has 1 saturated heterocycles. The molecule has 0 bridgehead atoms. The van der Waals surface area contributed by atoms with Crippen LogP contribution in [-0.2, 0) is 16.1 Å². The van der Waals surface area contributed by atoms with E-state index in [4.69, 9.17) is 4.74 Å². The van der Waals surface area contributed by atoms with Crippen molar-refractivity contribution in [2.45, 2.75) is 44.4 Å². The summed E-state index contributed by atoms with van der Waals surface area (Å²) in [6.45, 7) is 3.29. The molecular formula is C22H25NO3S. The molecule has 0 spiro atoms. The van der Waals surface area contributed by atoms with Crippen molar-refractivity contribution in [2.75, 3.05) is 6.54 Å². The Hall–Kier alpha value is -2.27. The van der Waals surface area contributed by atoms with Crippen molar-refractivity contribution in [3.8, 4) is 11.5 Å². The Morgan fingerprint density at radius 1 is 1.11 bits per heavy atom. The molecule has 2 aromatic rings. The van der Waals surface area contributed by atoms with Crippen molar-refractivity contribution >= 4 is 22.8 Å². The highest BCUT2D eigenvalue weighted by Gasteiger charge is 2.31. The number of likely N-dealkylation sites (tertiary alicyclic amines) is 1. The summed E-state index contributed by atoms with van der Waals surface area (Å²) < 4.78 is 5.80. The minimum atomic E-state index is 0.0857. The van der Waals surface area contributed by atoms with Gasteiger partial charge < -0.3 is 9.64 Å². The molecule has 1 heterocycles. The highest BCUT2D eigenvalue weighted by Crippen LogP contribution is 2.28. The molecule has 0 aliphatic carbocycles. The Bertz CT molecular complexity index is 761. The summed E-state index contributed by atoms with van der Waals surface area (Å²) >= 11 is 1.35. The number of amides is 1. The highest BCUT2D eigenvalue weighted by molar-refractivity contribution is 8.14. The van der Waals surface area contributed by atoms with Crippen molar-refractivity contribution in [3.05, 3.63) is 60.2 Å². The van der Waals surface area contributed by atoms with Crippen LogP contribution in [0, 0.1) is 0 Å². The molecule has 2 aromatic carbocycles. The second-order valence-corrected chi connectivity index (χ2v) is 8.11. The number of hydrogen-bond acceptors (Lipinski definition) is 4. The Labute approximate surface area is 164 Å². The molecule has 1 fully saturated rings. The van der Waals surface area contributed by atoms with Crippen molar-refractivity contribution < 1.29 is 14.3 Å². The topological polar surface area (TPSA) is 46.6 Å². The first-order valence-corrected chi connectivity index (χ1v) is 10.3. The van der Waals surface area contributed by atoms with E-state index in [-0.39, 0.29) is 16.3 Å². The van der Waals surface area contributed by atoms with Crippen LogP contribution in [0.1, 0.15) is 38.2 Å². The zero-order valence-electron chi connectivity index (χ0n) is 15.6. The van der Waals surface area contributed by atoms with E-state index in [1.807, 2.05) is 59.5 Å². The molecule has 0 radical (unpaired) electrons. The lowest BCUT2D eigenvalue weighted by molar-refractivity contribution is -0.128. The van der Waals surface area contributed by atoms with Crippen LogP contribution in [0.15, 0.2) is 54.6 Å². The van der Waals surface area contributed by atoms with Gasteiger partial charge in [0.15, 0.2) is 5.12 Å². The van der Waals surface area contributed by atoms with Gasteiger partial charge in [0.2, 0.25) is 5.91 Å². The maximum absolute atomic E-state index is 12.3. The fraction of sp³-hybridized carbons (Fsp3) is 0.364. The van der Waals surface area contributed by atoms with Gasteiger partial charge in [-0.05, 0) is 36.2 Å². The zero-order chi connectivity index (χ0) is 19.1. The number of thioether (sulfide) groups is 1. The molecule has 1 amide bonds. The van der Waals surface area contributed by atoms with Crippen LogP contribution >= 0.6 is 11.8 Å². The average Bonchev–Trinajstić information content (AvgIpc) is 3.01. The molecule has 1 unspecified atom stereocenters. The van der Waals surface area contributed by atoms with Gasteiger partial charge >= 0.3 is 0 Å². The Morgan fingerprint density at radius 2 is 1.81 bits per heavy atom. The van der Waals surface area contributed by atoms with Crippen LogP contribution in [0.3, 0.4) is 0 Å². The number of rotatable bonds is 8. The van der Waals surface area contributed by atoms with Crippen molar-refractivity contribution in [1.29, 1.82) is 0 Å². The summed E-state index contributed by atoms with van der Waals surface area (Å²) in [6.07, 6.45) is 3.01. The van der Waals surface area contributed by atoms with Gasteiger partial charge in [-0.1, -0.05) is 55.4 Å². The molecule has 0 saturated carbocycles. The van der Waals surface area contributed by atoms with Crippen LogP contribution in [0.4, 0.5) is 0 Å². The quantitative estimate of drug-likeness (QED) is 0.641. The molecule has 142 valence electrons. The Morgan fingerprint density at radius 3 is 2.52 bits per heavy atom. The minimum Gasteiger partial charge on any atom is -0.457 e. The third kappa shape index (κ3) is 5.86. The fourth-order valence-corrected chi connectivity index (χ4v) is 4.16. The minimum absolute atomic E-state index is 0.0857. The van der Waals surface area contributed by atoms with Crippen molar-refractivity contribution in [3.63, 3.8) is 0 Å².